The molecule has 8 heteroatoms. The molecule has 0 radical (unpaired) electrons. The maximum Gasteiger partial charge on any atom is -0.0134 e. The molecule has 0 aromatic heterocycles. The van der Waals surface area contributed by atoms with Gasteiger partial charge in [-0.2, -0.15) is 0 Å². The quantitative estimate of drug-likeness (QED) is 0.0539. The number of halogens is 2. The summed E-state index contributed by atoms with van der Waals surface area (Å²) < 4.78 is 2.17. The summed E-state index contributed by atoms with van der Waals surface area (Å²) in [5.74, 6) is 0. The summed E-state index contributed by atoms with van der Waals surface area (Å²) in [7, 11) is 7.88. The van der Waals surface area contributed by atoms with E-state index in [-0.39, 0.29) is 5.48 Å². The third-order valence-corrected chi connectivity index (χ3v) is 30.6. The van der Waals surface area contributed by atoms with E-state index in [2.05, 4.69) is 375 Å². The summed E-state index contributed by atoms with van der Waals surface area (Å²) in [6.45, 7) is 7.68. The predicted octanol–water partition coefficient (Wildman–Crippen LogP) is 15.6. The van der Waals surface area contributed by atoms with E-state index in [9.17, 15) is 0 Å². The van der Waals surface area contributed by atoms with Gasteiger partial charge < -0.3 is 5.48 Å². The molecule has 0 aliphatic heterocycles. The Morgan fingerprint density at radius 2 is 0.435 bits per heavy atom. The maximum atomic E-state index is 7.68. The zero-order valence-electron chi connectivity index (χ0n) is 46.7. The summed E-state index contributed by atoms with van der Waals surface area (Å²) in [4.78, 5) is 0. The van der Waals surface area contributed by atoms with Gasteiger partial charge in [-0.25, -0.2) is 0 Å². The van der Waals surface area contributed by atoms with Gasteiger partial charge in [0, 0.05) is 0 Å². The van der Waals surface area contributed by atoms with Crippen molar-refractivity contribution in [2.45, 2.75) is 0 Å². The SMILES string of the molecule is [CH-]=C(/C=C(\[CH]=[Os]([Cl])[Cl])[P+](c1ccccc1)(c1ccccc1)c1ccccc1)[P+](c1ccccc1)(c1ccccc1)c1ccccc1.[OH-].c1ccc(P(c2ccccc2)c2ccccc2)cc1.c1ccc(P(c2ccccc2)c2ccccc2)cc1. The molecule has 0 aliphatic rings. The van der Waals surface area contributed by atoms with Crippen molar-refractivity contribution in [1.82, 2.24) is 0 Å². The van der Waals surface area contributed by atoms with Crippen LogP contribution in [0.2, 0.25) is 0 Å². The Balaban J connectivity index is 0.000000181. The van der Waals surface area contributed by atoms with E-state index in [0.717, 1.165) is 10.6 Å². The first-order valence-corrected chi connectivity index (χ1v) is 41.7. The summed E-state index contributed by atoms with van der Waals surface area (Å²) in [6.07, 6.45) is 2.25. The Labute approximate surface area is 520 Å². The number of hydrogen-bond acceptors (Lipinski definition) is 1. The van der Waals surface area contributed by atoms with Crippen LogP contribution >= 0.6 is 49.6 Å². The van der Waals surface area contributed by atoms with Crippen LogP contribution in [0.1, 0.15) is 0 Å². The van der Waals surface area contributed by atoms with Gasteiger partial charge in [-0.1, -0.05) is 182 Å². The van der Waals surface area contributed by atoms with Crippen molar-refractivity contribution in [2.24, 2.45) is 0 Å². The summed E-state index contributed by atoms with van der Waals surface area (Å²) >= 11 is -2.73. The largest absolute Gasteiger partial charge is 0.870 e. The molecular weight excluding hydrogens is 1330 g/mol. The Morgan fingerprint density at radius 1 is 0.271 bits per heavy atom. The minimum absolute atomic E-state index is 0. The molecule has 12 rings (SSSR count). The summed E-state index contributed by atoms with van der Waals surface area (Å²) in [5, 5.41) is 17.5. The fourth-order valence-electron chi connectivity index (χ4n) is 10.6. The fraction of sp³-hybridized carbons (Fsp3) is 0. The first-order valence-electron chi connectivity index (χ1n) is 27.7. The normalized spacial score (nSPS) is 11.4. The van der Waals surface area contributed by atoms with Gasteiger partial charge in [-0.05, 0) is 47.7 Å². The minimum atomic E-state index is -2.73. The van der Waals surface area contributed by atoms with Gasteiger partial charge in [0.05, 0.1) is 0 Å². The van der Waals surface area contributed by atoms with Crippen molar-refractivity contribution in [3.63, 3.8) is 0 Å². The molecule has 0 spiro atoms. The van der Waals surface area contributed by atoms with Crippen molar-refractivity contribution in [1.29, 1.82) is 0 Å². The molecule has 0 bridgehead atoms. The Bertz CT molecular complexity index is 3450. The molecule has 0 unspecified atom stereocenters. The van der Waals surface area contributed by atoms with Gasteiger partial charge in [0.25, 0.3) is 0 Å². The van der Waals surface area contributed by atoms with Gasteiger partial charge in [-0.3, -0.25) is 0 Å². The summed E-state index contributed by atoms with van der Waals surface area (Å²) in [6, 6.07) is 129. The standard InChI is InChI=1S/C41H33P2.2C18H15P.2ClH.H2O.Os/c1-34(42(36-21-9-3-10-22-36,37-23-11-4-12-24-37)38-25-13-5-14-26-38)33-35(2)43(39-27-15-6-16-28-39,40-29-17-7-18-30-40)41-31-19-8-20-32-41;2*1-4-10-16(11-5-1)19(17-12-6-2-7-13-17)18-14-8-3-9-15-18;;;;/h1-33H;2*1-15H;2*1H;1H2;/q+1;;;;;;+2/p-3/b34-33+;;;;;;. The molecule has 0 fully saturated rings. The molecule has 0 heterocycles. The fourth-order valence-corrected chi connectivity index (χ4v) is 28.6. The van der Waals surface area contributed by atoms with Crippen LogP contribution in [0, 0.1) is 6.58 Å². The second-order valence-corrected chi connectivity index (χ2v) is 38.6. The Morgan fingerprint density at radius 3 is 0.612 bits per heavy atom. The van der Waals surface area contributed by atoms with Crippen LogP contribution < -0.4 is 63.7 Å². The third-order valence-electron chi connectivity index (χ3n) is 14.2. The van der Waals surface area contributed by atoms with Crippen molar-refractivity contribution in [3.8, 4) is 0 Å². The maximum absolute atomic E-state index is 7.68. The molecule has 0 aliphatic carbocycles. The zero-order valence-corrected chi connectivity index (χ0v) is 54.3. The number of allylic oxidation sites excluding steroid dienone is 3. The molecule has 1 N–H and O–H groups in total. The van der Waals surface area contributed by atoms with Crippen molar-refractivity contribution >= 4 is 118 Å². The number of hydrogen-bond donors (Lipinski definition) is 0. The average Bonchev–Trinajstić information content (AvgIpc) is 2.40. The monoisotopic (exact) mass is 1390 g/mol. The van der Waals surface area contributed by atoms with Crippen LogP contribution in [0.5, 0.6) is 0 Å². The van der Waals surface area contributed by atoms with Gasteiger partial charge >= 0.3 is 289 Å². The summed E-state index contributed by atoms with van der Waals surface area (Å²) in [5.41, 5.74) is 0. The molecule has 1 nitrogen and oxygen atoms in total. The number of benzene rings is 12. The van der Waals surface area contributed by atoms with Crippen LogP contribution in [0.3, 0.4) is 0 Å². The van der Waals surface area contributed by atoms with E-state index < -0.39 is 44.1 Å². The molecule has 12 aromatic rings. The second-order valence-electron chi connectivity index (χ2n) is 19.3. The molecule has 0 saturated heterocycles. The van der Waals surface area contributed by atoms with Gasteiger partial charge in [-0.15, -0.1) is 0 Å². The van der Waals surface area contributed by atoms with Crippen molar-refractivity contribution in [2.75, 3.05) is 0 Å². The van der Waals surface area contributed by atoms with Gasteiger partial charge in [0.15, 0.2) is 0 Å². The van der Waals surface area contributed by atoms with Crippen LogP contribution in [0.4, 0.5) is 0 Å². The Hall–Kier alpha value is -7.11. The van der Waals surface area contributed by atoms with E-state index >= 15 is 0 Å². The van der Waals surface area contributed by atoms with Crippen molar-refractivity contribution in [3.05, 3.63) is 387 Å². The first-order chi connectivity index (χ1) is 41.5. The van der Waals surface area contributed by atoms with Crippen LogP contribution in [0.25, 0.3) is 0 Å². The average molecular weight is 1390 g/mol. The van der Waals surface area contributed by atoms with E-state index in [1.165, 1.54) is 63.7 Å². The van der Waals surface area contributed by atoms with Gasteiger partial charge in [0.2, 0.25) is 0 Å². The Kier molecular flexibility index (Phi) is 23.4. The molecule has 0 amide bonds. The molecular formula is C77H64Cl2OOsP4. The topological polar surface area (TPSA) is 30.0 Å². The number of rotatable bonds is 16. The zero-order chi connectivity index (χ0) is 57.7. The van der Waals surface area contributed by atoms with E-state index in [4.69, 9.17) is 25.9 Å². The molecule has 85 heavy (non-hydrogen) atoms. The smallest absolute Gasteiger partial charge is 0.0134 e. The van der Waals surface area contributed by atoms with E-state index in [0.29, 0.717) is 0 Å². The molecule has 0 atom stereocenters. The van der Waals surface area contributed by atoms with Gasteiger partial charge in [0.1, 0.15) is 0 Å². The minimum Gasteiger partial charge on any atom is -0.870 e. The third kappa shape index (κ3) is 15.1. The van der Waals surface area contributed by atoms with E-state index in [1.54, 1.807) is 0 Å². The first kappa shape index (κ1) is 62.4. The van der Waals surface area contributed by atoms with Crippen LogP contribution in [0.15, 0.2) is 381 Å². The van der Waals surface area contributed by atoms with Crippen molar-refractivity contribution < 1.29 is 19.2 Å². The van der Waals surface area contributed by atoms with Crippen LogP contribution in [-0.2, 0) is 13.8 Å². The predicted molar refractivity (Wildman–Crippen MR) is 376 cm³/mol. The molecule has 420 valence electrons. The van der Waals surface area contributed by atoms with E-state index in [1.807, 2.05) is 0 Å². The molecule has 0 saturated carbocycles. The molecule has 12 aromatic carbocycles. The second kappa shape index (κ2) is 31.9. The van der Waals surface area contributed by atoms with Crippen LogP contribution in [-0.4, -0.2) is 10.0 Å².